The zero-order valence-corrected chi connectivity index (χ0v) is 12.0. The van der Waals surface area contributed by atoms with E-state index in [1.165, 1.54) is 19.4 Å². The van der Waals surface area contributed by atoms with E-state index >= 15 is 0 Å². The summed E-state index contributed by atoms with van der Waals surface area (Å²) in [4.78, 5) is 11.6. The smallest absolute Gasteiger partial charge is 0.277 e. The van der Waals surface area contributed by atoms with Gasteiger partial charge in [-0.05, 0) is 29.8 Å². The lowest BCUT2D eigenvalue weighted by Crippen LogP contribution is -2.24. The lowest BCUT2D eigenvalue weighted by Gasteiger charge is -2.09. The van der Waals surface area contributed by atoms with Gasteiger partial charge in [-0.15, -0.1) is 0 Å². The van der Waals surface area contributed by atoms with Gasteiger partial charge in [-0.3, -0.25) is 4.79 Å². The number of carbonyl (C=O) groups excluding carboxylic acids is 1. The fourth-order valence-electron chi connectivity index (χ4n) is 1.70. The molecule has 0 radical (unpaired) electrons. The first-order valence-corrected chi connectivity index (χ1v) is 6.56. The number of nitrogens with zero attached hydrogens (tertiary/aromatic N) is 1. The van der Waals surface area contributed by atoms with E-state index in [1.54, 1.807) is 36.4 Å². The quantitative estimate of drug-likeness (QED) is 0.631. The average molecular weight is 300 g/mol. The summed E-state index contributed by atoms with van der Waals surface area (Å²) in [5, 5.41) is 13.1. The third-order valence-corrected chi connectivity index (χ3v) is 2.70. The maximum atomic E-state index is 11.6. The maximum absolute atomic E-state index is 11.6. The number of phenols is 1. The third-order valence-electron chi connectivity index (χ3n) is 2.70. The van der Waals surface area contributed by atoms with Crippen LogP contribution in [0.3, 0.4) is 0 Å². The van der Waals surface area contributed by atoms with E-state index in [2.05, 4.69) is 10.5 Å². The van der Waals surface area contributed by atoms with Crippen LogP contribution in [-0.2, 0) is 4.79 Å². The summed E-state index contributed by atoms with van der Waals surface area (Å²) in [5.41, 5.74) is 3.01. The molecule has 0 heterocycles. The molecule has 0 unspecified atom stereocenters. The first-order chi connectivity index (χ1) is 10.7. The number of nitrogens with one attached hydrogen (secondary N) is 1. The Balaban J connectivity index is 1.83. The van der Waals surface area contributed by atoms with E-state index in [9.17, 15) is 9.90 Å². The Labute approximate surface area is 128 Å². The first-order valence-electron chi connectivity index (χ1n) is 6.56. The summed E-state index contributed by atoms with van der Waals surface area (Å²) in [6, 6.07) is 13.6. The molecular formula is C16H16N2O4. The number of carbonyl (C=O) groups is 1. The van der Waals surface area contributed by atoms with Crippen molar-refractivity contribution in [2.24, 2.45) is 5.10 Å². The van der Waals surface area contributed by atoms with Gasteiger partial charge in [0.1, 0.15) is 5.75 Å². The van der Waals surface area contributed by atoms with Crippen LogP contribution in [0.4, 0.5) is 0 Å². The van der Waals surface area contributed by atoms with Gasteiger partial charge in [0, 0.05) is 0 Å². The Kier molecular flexibility index (Phi) is 5.37. The van der Waals surface area contributed by atoms with Crippen LogP contribution in [0.5, 0.6) is 17.2 Å². The van der Waals surface area contributed by atoms with E-state index < -0.39 is 5.91 Å². The van der Waals surface area contributed by atoms with Gasteiger partial charge >= 0.3 is 0 Å². The van der Waals surface area contributed by atoms with Gasteiger partial charge < -0.3 is 14.6 Å². The molecule has 2 N–H and O–H groups in total. The summed E-state index contributed by atoms with van der Waals surface area (Å²) in [5.74, 6) is 0.771. The highest BCUT2D eigenvalue weighted by atomic mass is 16.5. The second-order valence-electron chi connectivity index (χ2n) is 4.33. The topological polar surface area (TPSA) is 80.2 Å². The van der Waals surface area contributed by atoms with Gasteiger partial charge in [0.25, 0.3) is 5.91 Å². The summed E-state index contributed by atoms with van der Waals surface area (Å²) >= 11 is 0. The van der Waals surface area contributed by atoms with Crippen LogP contribution in [0.25, 0.3) is 0 Å². The van der Waals surface area contributed by atoms with Gasteiger partial charge in [0.05, 0.1) is 13.3 Å². The van der Waals surface area contributed by atoms with Crippen LogP contribution >= 0.6 is 0 Å². The minimum Gasteiger partial charge on any atom is -0.508 e. The van der Waals surface area contributed by atoms with E-state index in [-0.39, 0.29) is 12.4 Å². The van der Waals surface area contributed by atoms with Gasteiger partial charge in [-0.2, -0.15) is 5.10 Å². The van der Waals surface area contributed by atoms with E-state index in [0.29, 0.717) is 17.1 Å². The largest absolute Gasteiger partial charge is 0.508 e. The molecule has 0 atom stereocenters. The fourth-order valence-corrected chi connectivity index (χ4v) is 1.70. The highest BCUT2D eigenvalue weighted by Crippen LogP contribution is 2.25. The molecule has 6 heteroatoms. The predicted molar refractivity (Wildman–Crippen MR) is 82.3 cm³/mol. The lowest BCUT2D eigenvalue weighted by molar-refractivity contribution is -0.123. The zero-order chi connectivity index (χ0) is 15.8. The molecule has 0 fully saturated rings. The van der Waals surface area contributed by atoms with Crippen LogP contribution in [0.15, 0.2) is 53.6 Å². The normalized spacial score (nSPS) is 10.4. The number of aromatic hydroxyl groups is 1. The van der Waals surface area contributed by atoms with Gasteiger partial charge in [-0.1, -0.05) is 24.3 Å². The fraction of sp³-hybridized carbons (Fsp3) is 0.125. The number of hydrazone groups is 1. The SMILES string of the molecule is COc1ccccc1OCC(=O)N/N=C/c1cccc(O)c1. The molecule has 0 aliphatic rings. The lowest BCUT2D eigenvalue weighted by atomic mass is 10.2. The predicted octanol–water partition coefficient (Wildman–Crippen LogP) is 1.93. The standard InChI is InChI=1S/C16H16N2O4/c1-21-14-7-2-3-8-15(14)22-11-16(20)18-17-10-12-5-4-6-13(19)9-12/h2-10,19H,11H2,1H3,(H,18,20)/b17-10+. The molecule has 0 saturated heterocycles. The number of amides is 1. The summed E-state index contributed by atoms with van der Waals surface area (Å²) in [7, 11) is 1.53. The molecule has 22 heavy (non-hydrogen) atoms. The molecule has 0 bridgehead atoms. The number of para-hydroxylation sites is 2. The van der Waals surface area contributed by atoms with E-state index in [1.807, 2.05) is 6.07 Å². The van der Waals surface area contributed by atoms with E-state index in [4.69, 9.17) is 9.47 Å². The highest BCUT2D eigenvalue weighted by Gasteiger charge is 2.05. The Morgan fingerprint density at radius 3 is 2.73 bits per heavy atom. The maximum Gasteiger partial charge on any atom is 0.277 e. The minimum absolute atomic E-state index is 0.134. The number of hydrogen-bond acceptors (Lipinski definition) is 5. The molecule has 2 aromatic carbocycles. The van der Waals surface area contributed by atoms with Crippen molar-refractivity contribution in [3.05, 3.63) is 54.1 Å². The summed E-state index contributed by atoms with van der Waals surface area (Å²) in [6.45, 7) is -0.183. The summed E-state index contributed by atoms with van der Waals surface area (Å²) < 4.78 is 10.5. The van der Waals surface area contributed by atoms with Crippen LogP contribution in [0, 0.1) is 0 Å². The Hall–Kier alpha value is -3.02. The second-order valence-corrected chi connectivity index (χ2v) is 4.33. The number of methoxy groups -OCH3 is 1. The van der Waals surface area contributed by atoms with Crippen molar-refractivity contribution in [1.29, 1.82) is 0 Å². The van der Waals surface area contributed by atoms with Crippen molar-refractivity contribution in [3.8, 4) is 17.2 Å². The average Bonchev–Trinajstić information content (AvgIpc) is 2.53. The number of rotatable bonds is 6. The van der Waals surface area contributed by atoms with Gasteiger partial charge in [0.2, 0.25) is 0 Å². The molecule has 0 aliphatic heterocycles. The molecule has 0 aliphatic carbocycles. The van der Waals surface area contributed by atoms with Crippen molar-refractivity contribution in [1.82, 2.24) is 5.43 Å². The van der Waals surface area contributed by atoms with E-state index in [0.717, 1.165) is 0 Å². The third kappa shape index (κ3) is 4.52. The molecule has 2 rings (SSSR count). The monoisotopic (exact) mass is 300 g/mol. The first kappa shape index (κ1) is 15.4. The van der Waals surface area contributed by atoms with Crippen molar-refractivity contribution < 1.29 is 19.4 Å². The van der Waals surface area contributed by atoms with Crippen LogP contribution in [-0.4, -0.2) is 30.9 Å². The Morgan fingerprint density at radius 2 is 2.00 bits per heavy atom. The van der Waals surface area contributed by atoms with Crippen molar-refractivity contribution >= 4 is 12.1 Å². The number of hydrogen-bond donors (Lipinski definition) is 2. The number of ether oxygens (including phenoxy) is 2. The summed E-state index contributed by atoms with van der Waals surface area (Å²) in [6.07, 6.45) is 1.43. The Bertz CT molecular complexity index is 671. The molecular weight excluding hydrogens is 284 g/mol. The van der Waals surface area contributed by atoms with Crippen molar-refractivity contribution in [2.75, 3.05) is 13.7 Å². The Morgan fingerprint density at radius 1 is 1.23 bits per heavy atom. The van der Waals surface area contributed by atoms with Crippen molar-refractivity contribution in [3.63, 3.8) is 0 Å². The van der Waals surface area contributed by atoms with Crippen LogP contribution in [0.2, 0.25) is 0 Å². The molecule has 0 aromatic heterocycles. The molecule has 2 aromatic rings. The van der Waals surface area contributed by atoms with Crippen LogP contribution in [0.1, 0.15) is 5.56 Å². The molecule has 114 valence electrons. The van der Waals surface area contributed by atoms with Gasteiger partial charge in [-0.25, -0.2) is 5.43 Å². The number of phenolic OH excluding ortho intramolecular Hbond substituents is 1. The zero-order valence-electron chi connectivity index (χ0n) is 12.0. The highest BCUT2D eigenvalue weighted by molar-refractivity contribution is 5.83. The van der Waals surface area contributed by atoms with Crippen LogP contribution < -0.4 is 14.9 Å². The molecule has 1 amide bonds. The molecule has 0 spiro atoms. The minimum atomic E-state index is -0.401. The van der Waals surface area contributed by atoms with Gasteiger partial charge in [0.15, 0.2) is 18.1 Å². The molecule has 6 nitrogen and oxygen atoms in total. The number of benzene rings is 2. The second kappa shape index (κ2) is 7.68. The molecule has 0 saturated carbocycles. The van der Waals surface area contributed by atoms with Crippen molar-refractivity contribution in [2.45, 2.75) is 0 Å².